The van der Waals surface area contributed by atoms with Crippen molar-refractivity contribution in [3.63, 3.8) is 0 Å². The number of likely N-dealkylation sites (N-methyl/N-ethyl adjacent to an activating group) is 1. The fraction of sp³-hybridized carbons (Fsp3) is 0.611. The first-order valence-corrected chi connectivity index (χ1v) is 8.96. The summed E-state index contributed by atoms with van der Waals surface area (Å²) in [5.74, 6) is 0.953. The number of nitrogens with zero attached hydrogens (tertiary/aromatic N) is 3. The number of carbonyl (C=O) groups excluding carboxylic acids is 1. The number of amides is 1. The second-order valence-corrected chi connectivity index (χ2v) is 6.91. The maximum atomic E-state index is 10.9. The number of nitrogens with one attached hydrogen (secondary N) is 2. The van der Waals surface area contributed by atoms with Crippen molar-refractivity contribution in [2.24, 2.45) is 5.92 Å². The van der Waals surface area contributed by atoms with Crippen LogP contribution in [0.25, 0.3) is 6.08 Å². The normalized spacial score (nSPS) is 17.0. The Morgan fingerprint density at radius 1 is 1.36 bits per heavy atom. The molecule has 7 heteroatoms. The summed E-state index contributed by atoms with van der Waals surface area (Å²) in [6, 6.07) is 0.268. The molecule has 1 amide bonds. The number of carbonyl (C=O) groups is 1. The van der Waals surface area contributed by atoms with Crippen molar-refractivity contribution in [1.29, 1.82) is 0 Å². The van der Waals surface area contributed by atoms with E-state index < -0.39 is 5.91 Å². The second-order valence-electron chi connectivity index (χ2n) is 6.91. The summed E-state index contributed by atoms with van der Waals surface area (Å²) in [6.07, 6.45) is 12.8. The van der Waals surface area contributed by atoms with Crippen LogP contribution in [0.2, 0.25) is 0 Å². The smallest absolute Gasteiger partial charge is 0.267 e. The zero-order chi connectivity index (χ0) is 18.1. The molecule has 1 aromatic rings. The van der Waals surface area contributed by atoms with Gasteiger partial charge in [0, 0.05) is 25.2 Å². The third-order valence-electron chi connectivity index (χ3n) is 4.46. The molecular formula is C18H29N5O2. The standard InChI is InChI=1S/C18H29N5O2/c1-14(12-23(2)13-15-6-4-3-5-7-15)21-17-11-19-16(10-20-17)8-9-18(24)22-25/h8-11,14-15,25H,3-7,12-13H2,1-2H3,(H,20,21)(H,22,24)/t14-/m1/s1. The maximum Gasteiger partial charge on any atom is 0.267 e. The van der Waals surface area contributed by atoms with Crippen LogP contribution in [-0.2, 0) is 4.79 Å². The first kappa shape index (κ1) is 19.3. The van der Waals surface area contributed by atoms with E-state index in [1.54, 1.807) is 12.4 Å². The minimum absolute atomic E-state index is 0.268. The molecule has 0 bridgehead atoms. The Hall–Kier alpha value is -1.99. The highest BCUT2D eigenvalue weighted by atomic mass is 16.5. The van der Waals surface area contributed by atoms with E-state index in [0.29, 0.717) is 11.5 Å². The average Bonchev–Trinajstić information content (AvgIpc) is 2.61. The molecule has 1 fully saturated rings. The van der Waals surface area contributed by atoms with Gasteiger partial charge >= 0.3 is 0 Å². The van der Waals surface area contributed by atoms with E-state index in [4.69, 9.17) is 5.21 Å². The minimum Gasteiger partial charge on any atom is -0.365 e. The van der Waals surface area contributed by atoms with Gasteiger partial charge in [-0.1, -0.05) is 19.3 Å². The monoisotopic (exact) mass is 347 g/mol. The van der Waals surface area contributed by atoms with Crippen LogP contribution < -0.4 is 10.8 Å². The fourth-order valence-electron chi connectivity index (χ4n) is 3.35. The quantitative estimate of drug-likeness (QED) is 0.380. The van der Waals surface area contributed by atoms with Crippen molar-refractivity contribution >= 4 is 17.8 Å². The molecule has 3 N–H and O–H groups in total. The molecule has 138 valence electrons. The van der Waals surface area contributed by atoms with Crippen LogP contribution in [0.15, 0.2) is 18.5 Å². The molecular weight excluding hydrogens is 318 g/mol. The van der Waals surface area contributed by atoms with Gasteiger partial charge in [0.25, 0.3) is 5.91 Å². The van der Waals surface area contributed by atoms with Gasteiger partial charge in [0.2, 0.25) is 0 Å². The fourth-order valence-corrected chi connectivity index (χ4v) is 3.35. The third kappa shape index (κ3) is 7.19. The highest BCUT2D eigenvalue weighted by Crippen LogP contribution is 2.24. The Morgan fingerprint density at radius 3 is 2.76 bits per heavy atom. The van der Waals surface area contributed by atoms with E-state index in [2.05, 4.69) is 34.2 Å². The molecule has 0 aromatic carbocycles. The largest absolute Gasteiger partial charge is 0.365 e. The van der Waals surface area contributed by atoms with E-state index in [9.17, 15) is 4.79 Å². The van der Waals surface area contributed by atoms with Gasteiger partial charge in [-0.05, 0) is 38.8 Å². The van der Waals surface area contributed by atoms with Crippen molar-refractivity contribution in [3.05, 3.63) is 24.2 Å². The molecule has 7 nitrogen and oxygen atoms in total. The molecule has 1 aliphatic rings. The number of aromatic nitrogens is 2. The summed E-state index contributed by atoms with van der Waals surface area (Å²) >= 11 is 0. The van der Waals surface area contributed by atoms with E-state index in [1.165, 1.54) is 49.7 Å². The lowest BCUT2D eigenvalue weighted by molar-refractivity contribution is -0.124. The second kappa shape index (κ2) is 10.1. The van der Waals surface area contributed by atoms with E-state index in [0.717, 1.165) is 19.0 Å². The van der Waals surface area contributed by atoms with E-state index in [-0.39, 0.29) is 6.04 Å². The maximum absolute atomic E-state index is 10.9. The van der Waals surface area contributed by atoms with Gasteiger partial charge in [-0.15, -0.1) is 0 Å². The molecule has 1 aliphatic carbocycles. The molecule has 0 radical (unpaired) electrons. The minimum atomic E-state index is -0.598. The summed E-state index contributed by atoms with van der Waals surface area (Å²) in [7, 11) is 2.18. The average molecular weight is 347 g/mol. The van der Waals surface area contributed by atoms with Gasteiger partial charge in [-0.2, -0.15) is 0 Å². The number of hydrogen-bond donors (Lipinski definition) is 3. The summed E-state index contributed by atoms with van der Waals surface area (Å²) in [5.41, 5.74) is 2.08. The van der Waals surface area contributed by atoms with Crippen molar-refractivity contribution in [1.82, 2.24) is 20.3 Å². The van der Waals surface area contributed by atoms with Crippen LogP contribution in [-0.4, -0.2) is 52.2 Å². The van der Waals surface area contributed by atoms with Gasteiger partial charge < -0.3 is 10.2 Å². The molecule has 1 heterocycles. The van der Waals surface area contributed by atoms with Crippen LogP contribution in [0.1, 0.15) is 44.7 Å². The molecule has 0 aliphatic heterocycles. The van der Waals surface area contributed by atoms with Crippen LogP contribution >= 0.6 is 0 Å². The van der Waals surface area contributed by atoms with Gasteiger partial charge in [0.15, 0.2) is 0 Å². The predicted molar refractivity (Wildman–Crippen MR) is 98.2 cm³/mol. The lowest BCUT2D eigenvalue weighted by Crippen LogP contribution is -2.36. The van der Waals surface area contributed by atoms with Crippen molar-refractivity contribution in [2.45, 2.75) is 45.1 Å². The first-order valence-electron chi connectivity index (χ1n) is 8.96. The Morgan fingerprint density at radius 2 is 2.12 bits per heavy atom. The summed E-state index contributed by atoms with van der Waals surface area (Å²) in [4.78, 5) is 21.9. The van der Waals surface area contributed by atoms with Crippen LogP contribution in [0.5, 0.6) is 0 Å². The first-order chi connectivity index (χ1) is 12.1. The molecule has 1 aromatic heterocycles. The van der Waals surface area contributed by atoms with Crippen LogP contribution in [0, 0.1) is 5.92 Å². The van der Waals surface area contributed by atoms with Crippen molar-refractivity contribution in [2.75, 3.05) is 25.5 Å². The topological polar surface area (TPSA) is 90.4 Å². The highest BCUT2D eigenvalue weighted by Gasteiger charge is 2.16. The number of hydrogen-bond acceptors (Lipinski definition) is 6. The summed E-state index contributed by atoms with van der Waals surface area (Å²) in [6.45, 7) is 4.25. The van der Waals surface area contributed by atoms with Gasteiger partial charge in [0.1, 0.15) is 5.82 Å². The molecule has 2 rings (SSSR count). The third-order valence-corrected chi connectivity index (χ3v) is 4.46. The number of rotatable bonds is 8. The highest BCUT2D eigenvalue weighted by molar-refractivity contribution is 5.90. The van der Waals surface area contributed by atoms with Crippen molar-refractivity contribution < 1.29 is 10.0 Å². The Labute approximate surface area is 149 Å². The Kier molecular flexibility index (Phi) is 7.81. The SMILES string of the molecule is C[C@H](CN(C)CC1CCCCC1)Nc1cnc(C=CC(=O)NO)cn1. The number of anilines is 1. The lowest BCUT2D eigenvalue weighted by atomic mass is 9.89. The molecule has 1 saturated carbocycles. The Balaban J connectivity index is 1.76. The van der Waals surface area contributed by atoms with Crippen LogP contribution in [0.3, 0.4) is 0 Å². The molecule has 1 atom stereocenters. The van der Waals surface area contributed by atoms with Crippen molar-refractivity contribution in [3.8, 4) is 0 Å². The summed E-state index contributed by atoms with van der Waals surface area (Å²) in [5, 5.41) is 11.8. The molecule has 25 heavy (non-hydrogen) atoms. The van der Waals surface area contributed by atoms with E-state index in [1.807, 2.05) is 0 Å². The zero-order valence-corrected chi connectivity index (χ0v) is 15.1. The van der Waals surface area contributed by atoms with Gasteiger partial charge in [-0.3, -0.25) is 15.0 Å². The van der Waals surface area contributed by atoms with Gasteiger partial charge in [0.05, 0.1) is 18.1 Å². The van der Waals surface area contributed by atoms with Gasteiger partial charge in [-0.25, -0.2) is 10.5 Å². The number of hydroxylamine groups is 1. The van der Waals surface area contributed by atoms with E-state index >= 15 is 0 Å². The van der Waals surface area contributed by atoms with Crippen LogP contribution in [0.4, 0.5) is 5.82 Å². The zero-order valence-electron chi connectivity index (χ0n) is 15.1. The predicted octanol–water partition coefficient (Wildman–Crippen LogP) is 2.31. The Bertz CT molecular complexity index is 555. The summed E-state index contributed by atoms with van der Waals surface area (Å²) < 4.78 is 0. The molecule has 0 unspecified atom stereocenters. The molecule has 0 saturated heterocycles. The lowest BCUT2D eigenvalue weighted by Gasteiger charge is -2.29. The molecule has 0 spiro atoms.